The second-order valence-corrected chi connectivity index (χ2v) is 5.55. The molecule has 2 aromatic rings. The van der Waals surface area contributed by atoms with E-state index in [0.29, 0.717) is 22.7 Å². The van der Waals surface area contributed by atoms with E-state index in [2.05, 4.69) is 15.5 Å². The minimum atomic E-state index is -1.05. The van der Waals surface area contributed by atoms with Gasteiger partial charge in [0.15, 0.2) is 0 Å². The molecule has 0 fully saturated rings. The molecule has 23 heavy (non-hydrogen) atoms. The highest BCUT2D eigenvalue weighted by Crippen LogP contribution is 2.28. The molecule has 0 aliphatic heterocycles. The summed E-state index contributed by atoms with van der Waals surface area (Å²) < 4.78 is 0. The molecule has 1 amide bonds. The lowest BCUT2D eigenvalue weighted by molar-refractivity contribution is -0.139. The molecule has 1 atom stereocenters. The predicted octanol–water partition coefficient (Wildman–Crippen LogP) is 3.10. The quantitative estimate of drug-likeness (QED) is 0.724. The van der Waals surface area contributed by atoms with Gasteiger partial charge in [-0.05, 0) is 12.5 Å². The smallest absolute Gasteiger partial charge is 0.326 e. The molecule has 1 aromatic heterocycles. The van der Waals surface area contributed by atoms with E-state index in [1.54, 1.807) is 24.3 Å². The number of hydrogen-bond donors (Lipinski definition) is 3. The molecule has 0 aliphatic rings. The monoisotopic (exact) mass is 335 g/mol. The molecule has 0 radical (unpaired) electrons. The van der Waals surface area contributed by atoms with Crippen LogP contribution in [0.2, 0.25) is 5.02 Å². The van der Waals surface area contributed by atoms with E-state index in [1.165, 1.54) is 6.20 Å². The maximum atomic E-state index is 12.4. The molecular formula is C16H18ClN3O3. The molecule has 0 saturated heterocycles. The van der Waals surface area contributed by atoms with Crippen molar-refractivity contribution in [1.29, 1.82) is 0 Å². The standard InChI is InChI=1S/C16H18ClN3O3/c1-2-3-8-13(16(22)23)19-15(21)11-9-18-20-14(11)10-6-4-5-7-12(10)17/h4-7,9,13H,2-3,8H2,1H3,(H,18,20)(H,19,21)(H,22,23). The number of nitrogens with zero attached hydrogens (tertiary/aromatic N) is 1. The van der Waals surface area contributed by atoms with Crippen molar-refractivity contribution in [2.24, 2.45) is 0 Å². The Kier molecular flexibility index (Phi) is 5.76. The summed E-state index contributed by atoms with van der Waals surface area (Å²) in [6.45, 7) is 1.96. The number of aliphatic carboxylic acids is 1. The van der Waals surface area contributed by atoms with Crippen LogP contribution in [0.15, 0.2) is 30.5 Å². The highest BCUT2D eigenvalue weighted by molar-refractivity contribution is 6.33. The number of aromatic nitrogens is 2. The van der Waals surface area contributed by atoms with Crippen LogP contribution in [0.4, 0.5) is 0 Å². The van der Waals surface area contributed by atoms with E-state index < -0.39 is 17.9 Å². The third-order valence-corrected chi connectivity index (χ3v) is 3.81. The van der Waals surface area contributed by atoms with Gasteiger partial charge in [-0.15, -0.1) is 0 Å². The Morgan fingerprint density at radius 1 is 1.39 bits per heavy atom. The Morgan fingerprint density at radius 2 is 2.13 bits per heavy atom. The van der Waals surface area contributed by atoms with Crippen LogP contribution in [0, 0.1) is 0 Å². The lowest BCUT2D eigenvalue weighted by Crippen LogP contribution is -2.40. The van der Waals surface area contributed by atoms with E-state index in [1.807, 2.05) is 6.92 Å². The Morgan fingerprint density at radius 3 is 2.78 bits per heavy atom. The first-order valence-corrected chi connectivity index (χ1v) is 7.74. The number of rotatable bonds is 7. The number of amides is 1. The lowest BCUT2D eigenvalue weighted by Gasteiger charge is -2.14. The van der Waals surface area contributed by atoms with Gasteiger partial charge >= 0.3 is 5.97 Å². The number of aromatic amines is 1. The van der Waals surface area contributed by atoms with Crippen molar-refractivity contribution >= 4 is 23.5 Å². The van der Waals surface area contributed by atoms with Gasteiger partial charge in [-0.3, -0.25) is 9.89 Å². The predicted molar refractivity (Wildman–Crippen MR) is 87.4 cm³/mol. The minimum Gasteiger partial charge on any atom is -0.480 e. The van der Waals surface area contributed by atoms with Gasteiger partial charge in [-0.1, -0.05) is 49.6 Å². The normalized spacial score (nSPS) is 11.9. The first kappa shape index (κ1) is 17.0. The largest absolute Gasteiger partial charge is 0.480 e. The number of carbonyl (C=O) groups excluding carboxylic acids is 1. The van der Waals surface area contributed by atoms with Crippen LogP contribution in [0.3, 0.4) is 0 Å². The van der Waals surface area contributed by atoms with Crippen molar-refractivity contribution in [2.75, 3.05) is 0 Å². The first-order chi connectivity index (χ1) is 11.0. The molecule has 3 N–H and O–H groups in total. The summed E-state index contributed by atoms with van der Waals surface area (Å²) in [5.41, 5.74) is 1.37. The number of H-pyrrole nitrogens is 1. The van der Waals surface area contributed by atoms with E-state index >= 15 is 0 Å². The Balaban J connectivity index is 2.23. The highest BCUT2D eigenvalue weighted by atomic mass is 35.5. The van der Waals surface area contributed by atoms with Crippen molar-refractivity contribution in [1.82, 2.24) is 15.5 Å². The van der Waals surface area contributed by atoms with Crippen molar-refractivity contribution in [3.05, 3.63) is 41.0 Å². The molecule has 7 heteroatoms. The second-order valence-electron chi connectivity index (χ2n) is 5.15. The van der Waals surface area contributed by atoms with Crippen LogP contribution in [-0.2, 0) is 4.79 Å². The number of carboxylic acids is 1. The summed E-state index contributed by atoms with van der Waals surface area (Å²) in [5, 5.41) is 18.9. The molecule has 1 heterocycles. The lowest BCUT2D eigenvalue weighted by atomic mass is 10.1. The van der Waals surface area contributed by atoms with Gasteiger partial charge in [0, 0.05) is 10.6 Å². The number of carbonyl (C=O) groups is 2. The zero-order chi connectivity index (χ0) is 16.8. The van der Waals surface area contributed by atoms with Gasteiger partial charge < -0.3 is 10.4 Å². The fraction of sp³-hybridized carbons (Fsp3) is 0.312. The van der Waals surface area contributed by atoms with E-state index in [9.17, 15) is 14.7 Å². The summed E-state index contributed by atoms with van der Waals surface area (Å²) >= 11 is 6.14. The fourth-order valence-corrected chi connectivity index (χ4v) is 2.46. The number of halogens is 1. The van der Waals surface area contributed by atoms with Crippen LogP contribution >= 0.6 is 11.6 Å². The summed E-state index contributed by atoms with van der Waals surface area (Å²) in [6.07, 6.45) is 3.33. The van der Waals surface area contributed by atoms with Gasteiger partial charge in [0.25, 0.3) is 5.91 Å². The Bertz CT molecular complexity index is 699. The third-order valence-electron chi connectivity index (χ3n) is 3.48. The molecule has 0 spiro atoms. The average molecular weight is 336 g/mol. The topological polar surface area (TPSA) is 95.1 Å². The fourth-order valence-electron chi connectivity index (χ4n) is 2.23. The summed E-state index contributed by atoms with van der Waals surface area (Å²) in [5.74, 6) is -1.54. The van der Waals surface area contributed by atoms with Crippen LogP contribution in [-0.4, -0.2) is 33.2 Å². The van der Waals surface area contributed by atoms with Crippen LogP contribution < -0.4 is 5.32 Å². The van der Waals surface area contributed by atoms with Crippen molar-refractivity contribution in [3.63, 3.8) is 0 Å². The summed E-state index contributed by atoms with van der Waals surface area (Å²) in [7, 11) is 0. The highest BCUT2D eigenvalue weighted by Gasteiger charge is 2.23. The molecule has 1 unspecified atom stereocenters. The molecule has 0 bridgehead atoms. The van der Waals surface area contributed by atoms with Crippen molar-refractivity contribution in [3.8, 4) is 11.3 Å². The summed E-state index contributed by atoms with van der Waals surface area (Å²) in [4.78, 5) is 23.7. The summed E-state index contributed by atoms with van der Waals surface area (Å²) in [6, 6.07) is 6.13. The molecule has 0 aliphatic carbocycles. The minimum absolute atomic E-state index is 0.265. The van der Waals surface area contributed by atoms with Crippen LogP contribution in [0.1, 0.15) is 36.5 Å². The van der Waals surface area contributed by atoms with E-state index in [0.717, 1.165) is 12.8 Å². The molecule has 6 nitrogen and oxygen atoms in total. The van der Waals surface area contributed by atoms with Gasteiger partial charge in [-0.25, -0.2) is 4.79 Å². The molecule has 122 valence electrons. The number of nitrogens with one attached hydrogen (secondary N) is 2. The van der Waals surface area contributed by atoms with Gasteiger partial charge in [-0.2, -0.15) is 5.10 Å². The van der Waals surface area contributed by atoms with Gasteiger partial charge in [0.1, 0.15) is 6.04 Å². The molecule has 2 rings (SSSR count). The Hall–Kier alpha value is -2.34. The SMILES string of the molecule is CCCCC(NC(=O)c1cn[nH]c1-c1ccccc1Cl)C(=O)O. The number of benzene rings is 1. The zero-order valence-corrected chi connectivity index (χ0v) is 13.4. The van der Waals surface area contributed by atoms with Crippen LogP contribution in [0.5, 0.6) is 0 Å². The van der Waals surface area contributed by atoms with Crippen molar-refractivity contribution in [2.45, 2.75) is 32.2 Å². The number of unbranched alkanes of at least 4 members (excludes halogenated alkanes) is 1. The van der Waals surface area contributed by atoms with E-state index in [4.69, 9.17) is 11.6 Å². The molecular weight excluding hydrogens is 318 g/mol. The zero-order valence-electron chi connectivity index (χ0n) is 12.7. The third kappa shape index (κ3) is 4.10. The maximum Gasteiger partial charge on any atom is 0.326 e. The Labute approximate surface area is 138 Å². The number of carboxylic acid groups (broad SMARTS) is 1. The van der Waals surface area contributed by atoms with E-state index in [-0.39, 0.29) is 5.56 Å². The van der Waals surface area contributed by atoms with Crippen molar-refractivity contribution < 1.29 is 14.7 Å². The molecule has 1 aromatic carbocycles. The average Bonchev–Trinajstić information content (AvgIpc) is 3.00. The van der Waals surface area contributed by atoms with Gasteiger partial charge in [0.05, 0.1) is 17.5 Å². The number of hydrogen-bond acceptors (Lipinski definition) is 3. The molecule has 0 saturated carbocycles. The maximum absolute atomic E-state index is 12.4. The van der Waals surface area contributed by atoms with Gasteiger partial charge in [0.2, 0.25) is 0 Å². The first-order valence-electron chi connectivity index (χ1n) is 7.36. The van der Waals surface area contributed by atoms with Crippen LogP contribution in [0.25, 0.3) is 11.3 Å². The second kappa shape index (κ2) is 7.78.